The van der Waals surface area contributed by atoms with Crippen molar-refractivity contribution in [1.29, 1.82) is 10.7 Å². The van der Waals surface area contributed by atoms with E-state index >= 15 is 0 Å². The van der Waals surface area contributed by atoms with Crippen molar-refractivity contribution in [2.45, 2.75) is 26.3 Å². The number of anilines is 1. The van der Waals surface area contributed by atoms with Crippen molar-refractivity contribution in [2.24, 2.45) is 5.92 Å². The summed E-state index contributed by atoms with van der Waals surface area (Å²) < 4.78 is 0. The molecule has 1 aliphatic rings. The van der Waals surface area contributed by atoms with E-state index in [1.165, 1.54) is 12.4 Å². The molecule has 0 spiro atoms. The molecular formula is C24H26N8O2. The number of rotatable bonds is 7. The first-order chi connectivity index (χ1) is 16.4. The smallest absolute Gasteiger partial charge is 0.255 e. The van der Waals surface area contributed by atoms with E-state index in [4.69, 9.17) is 10.7 Å². The standard InChI is InChI=1S/C24H26N8O2/c1-4-14-5-6-16(18(7-14)27-3)20(26)19-10-29-22-21(31-19)17(9-28-22)23(33)30-13(2)24(34)32-11-15(8-25)12-32/h5-7,9-10,13,15,26-27H,4,11-12H2,1-3H3,(H,28,29)(H,30,33)/t13-/m1/s1. The van der Waals surface area contributed by atoms with Crippen molar-refractivity contribution < 1.29 is 9.59 Å². The zero-order valence-electron chi connectivity index (χ0n) is 19.3. The zero-order valence-corrected chi connectivity index (χ0v) is 19.3. The molecule has 3 aromatic rings. The van der Waals surface area contributed by atoms with Crippen LogP contribution in [0.3, 0.4) is 0 Å². The highest BCUT2D eigenvalue weighted by Gasteiger charge is 2.33. The van der Waals surface area contributed by atoms with E-state index in [0.717, 1.165) is 17.7 Å². The number of aromatic nitrogens is 3. The van der Waals surface area contributed by atoms with Crippen molar-refractivity contribution in [1.82, 2.24) is 25.2 Å². The highest BCUT2D eigenvalue weighted by Crippen LogP contribution is 2.22. The number of hydrogen-bond acceptors (Lipinski definition) is 7. The maximum absolute atomic E-state index is 12.9. The van der Waals surface area contributed by atoms with Crippen LogP contribution in [0.2, 0.25) is 0 Å². The van der Waals surface area contributed by atoms with E-state index < -0.39 is 11.9 Å². The summed E-state index contributed by atoms with van der Waals surface area (Å²) in [7, 11) is 1.80. The molecule has 1 aliphatic heterocycles. The third kappa shape index (κ3) is 4.20. The van der Waals surface area contributed by atoms with Gasteiger partial charge in [-0.05, 0) is 25.0 Å². The average molecular weight is 459 g/mol. The van der Waals surface area contributed by atoms with Crippen LogP contribution in [-0.2, 0) is 11.2 Å². The lowest BCUT2D eigenvalue weighted by atomic mass is 10.0. The van der Waals surface area contributed by atoms with Gasteiger partial charge in [0.25, 0.3) is 5.91 Å². The maximum atomic E-state index is 12.9. The average Bonchev–Trinajstić information content (AvgIpc) is 3.25. The molecule has 0 saturated carbocycles. The Morgan fingerprint density at radius 2 is 2.12 bits per heavy atom. The van der Waals surface area contributed by atoms with Gasteiger partial charge in [0.1, 0.15) is 17.3 Å². The van der Waals surface area contributed by atoms with E-state index in [1.54, 1.807) is 18.9 Å². The Morgan fingerprint density at radius 3 is 2.79 bits per heavy atom. The molecule has 1 saturated heterocycles. The second-order valence-electron chi connectivity index (χ2n) is 8.28. The number of H-pyrrole nitrogens is 1. The summed E-state index contributed by atoms with van der Waals surface area (Å²) in [5, 5.41) is 23.4. The van der Waals surface area contributed by atoms with Gasteiger partial charge < -0.3 is 20.5 Å². The Balaban J connectivity index is 1.56. The van der Waals surface area contributed by atoms with Crippen LogP contribution in [0.1, 0.15) is 41.0 Å². The molecule has 0 radical (unpaired) electrons. The third-order valence-electron chi connectivity index (χ3n) is 6.01. The van der Waals surface area contributed by atoms with Crippen molar-refractivity contribution in [3.63, 3.8) is 0 Å². The number of aryl methyl sites for hydroxylation is 1. The predicted octanol–water partition coefficient (Wildman–Crippen LogP) is 2.08. The molecule has 2 aromatic heterocycles. The fourth-order valence-corrected chi connectivity index (χ4v) is 3.91. The van der Waals surface area contributed by atoms with Gasteiger partial charge in [0.2, 0.25) is 5.91 Å². The van der Waals surface area contributed by atoms with Crippen LogP contribution < -0.4 is 10.6 Å². The summed E-state index contributed by atoms with van der Waals surface area (Å²) in [6, 6.07) is 7.23. The Kier molecular flexibility index (Phi) is 6.27. The quantitative estimate of drug-likeness (QED) is 0.398. The second-order valence-corrected chi connectivity index (χ2v) is 8.28. The Labute approximate surface area is 196 Å². The van der Waals surface area contributed by atoms with Gasteiger partial charge in [0.05, 0.1) is 29.5 Å². The number of fused-ring (bicyclic) bond motifs is 1. The zero-order chi connectivity index (χ0) is 24.4. The number of nitrogens with one attached hydrogen (secondary N) is 4. The highest BCUT2D eigenvalue weighted by molar-refractivity contribution is 6.14. The van der Waals surface area contributed by atoms with Crippen LogP contribution in [0.25, 0.3) is 11.2 Å². The topological polar surface area (TPSA) is 151 Å². The van der Waals surface area contributed by atoms with Crippen LogP contribution >= 0.6 is 0 Å². The lowest BCUT2D eigenvalue weighted by molar-refractivity contribution is -0.137. The lowest BCUT2D eigenvalue weighted by Crippen LogP contribution is -2.55. The number of carbonyl (C=O) groups is 2. The van der Waals surface area contributed by atoms with Crippen molar-refractivity contribution >= 4 is 34.4 Å². The number of likely N-dealkylation sites (tertiary alicyclic amines) is 1. The number of amides is 2. The fraction of sp³-hybridized carbons (Fsp3) is 0.333. The monoisotopic (exact) mass is 458 g/mol. The number of nitrogens with zero attached hydrogens (tertiary/aromatic N) is 4. The number of nitriles is 1. The normalized spacial score (nSPS) is 14.2. The first-order valence-electron chi connectivity index (χ1n) is 11.1. The molecule has 0 aliphatic carbocycles. The van der Waals surface area contributed by atoms with E-state index in [2.05, 4.69) is 38.6 Å². The third-order valence-corrected chi connectivity index (χ3v) is 6.01. The van der Waals surface area contributed by atoms with Crippen molar-refractivity contribution in [2.75, 3.05) is 25.5 Å². The molecule has 2 amide bonds. The Bertz CT molecular complexity index is 1320. The number of hydrogen-bond donors (Lipinski definition) is 4. The van der Waals surface area contributed by atoms with E-state index in [9.17, 15) is 9.59 Å². The van der Waals surface area contributed by atoms with Crippen LogP contribution in [0.15, 0.2) is 30.6 Å². The molecule has 3 heterocycles. The second kappa shape index (κ2) is 9.31. The predicted molar refractivity (Wildman–Crippen MR) is 128 cm³/mol. The molecule has 1 aromatic carbocycles. The van der Waals surface area contributed by atoms with Gasteiger partial charge in [-0.25, -0.2) is 9.97 Å². The summed E-state index contributed by atoms with van der Waals surface area (Å²) in [4.78, 5) is 38.8. The van der Waals surface area contributed by atoms with Crippen molar-refractivity contribution in [3.05, 3.63) is 53.0 Å². The number of benzene rings is 1. The first-order valence-corrected chi connectivity index (χ1v) is 11.1. The minimum absolute atomic E-state index is 0.147. The molecule has 1 fully saturated rings. The van der Waals surface area contributed by atoms with Crippen molar-refractivity contribution in [3.8, 4) is 6.07 Å². The molecule has 4 N–H and O–H groups in total. The van der Waals surface area contributed by atoms with Crippen LogP contribution in [0.5, 0.6) is 0 Å². The van der Waals surface area contributed by atoms with E-state index in [-0.39, 0.29) is 23.1 Å². The molecule has 1 atom stereocenters. The largest absolute Gasteiger partial charge is 0.388 e. The molecule has 174 valence electrons. The van der Waals surface area contributed by atoms with Crippen LogP contribution in [0, 0.1) is 22.7 Å². The van der Waals surface area contributed by atoms with Gasteiger partial charge in [0, 0.05) is 37.6 Å². The molecule has 4 rings (SSSR count). The highest BCUT2D eigenvalue weighted by atomic mass is 16.2. The summed E-state index contributed by atoms with van der Waals surface area (Å²) >= 11 is 0. The maximum Gasteiger partial charge on any atom is 0.255 e. The summed E-state index contributed by atoms with van der Waals surface area (Å²) in [5.74, 6) is -0.847. The minimum atomic E-state index is -0.748. The first kappa shape index (κ1) is 22.9. The Morgan fingerprint density at radius 1 is 1.35 bits per heavy atom. The summed E-state index contributed by atoms with van der Waals surface area (Å²) in [6.07, 6.45) is 3.88. The molecule has 34 heavy (non-hydrogen) atoms. The van der Waals surface area contributed by atoms with Crippen LogP contribution in [0.4, 0.5) is 5.69 Å². The van der Waals surface area contributed by atoms with Gasteiger partial charge in [-0.15, -0.1) is 0 Å². The van der Waals surface area contributed by atoms with E-state index in [0.29, 0.717) is 35.5 Å². The SMILES string of the molecule is CCc1ccc(C(=N)c2cnc3[nH]cc(C(=O)N[C@H](C)C(=O)N4CC(C#N)C4)c3n2)c(NC)c1. The van der Waals surface area contributed by atoms with Gasteiger partial charge in [-0.2, -0.15) is 5.26 Å². The van der Waals surface area contributed by atoms with E-state index in [1.807, 2.05) is 18.2 Å². The summed E-state index contributed by atoms with van der Waals surface area (Å²) in [5.41, 5.74) is 4.13. The number of aromatic amines is 1. The van der Waals surface area contributed by atoms with Gasteiger partial charge in [0.15, 0.2) is 5.65 Å². The molecule has 10 heteroatoms. The molecule has 0 unspecified atom stereocenters. The molecule has 10 nitrogen and oxygen atoms in total. The molecular weight excluding hydrogens is 432 g/mol. The van der Waals surface area contributed by atoms with Crippen LogP contribution in [-0.4, -0.2) is 63.6 Å². The number of carbonyl (C=O) groups excluding carboxylic acids is 2. The van der Waals surface area contributed by atoms with Gasteiger partial charge in [-0.3, -0.25) is 15.0 Å². The van der Waals surface area contributed by atoms with Gasteiger partial charge >= 0.3 is 0 Å². The minimum Gasteiger partial charge on any atom is -0.388 e. The van der Waals surface area contributed by atoms with Gasteiger partial charge in [-0.1, -0.05) is 19.1 Å². The molecule has 0 bridgehead atoms. The fourth-order valence-electron chi connectivity index (χ4n) is 3.91. The lowest BCUT2D eigenvalue weighted by Gasteiger charge is -2.37. The summed E-state index contributed by atoms with van der Waals surface area (Å²) in [6.45, 7) is 4.44. The Hall–Kier alpha value is -4.26.